The van der Waals surface area contributed by atoms with Crippen LogP contribution in [0.5, 0.6) is 0 Å². The second-order valence-electron chi connectivity index (χ2n) is 5.03. The molecule has 0 saturated heterocycles. The zero-order valence-corrected chi connectivity index (χ0v) is 11.7. The van der Waals surface area contributed by atoms with E-state index in [0.29, 0.717) is 5.92 Å². The molecule has 1 aromatic carbocycles. The summed E-state index contributed by atoms with van der Waals surface area (Å²) in [6.45, 7) is 0. The van der Waals surface area contributed by atoms with Crippen molar-refractivity contribution in [1.29, 1.82) is 0 Å². The number of nitrogens with two attached hydrogens (primary N) is 1. The van der Waals surface area contributed by atoms with Crippen LogP contribution in [0.1, 0.15) is 29.9 Å². The molecule has 2 N–H and O–H groups in total. The number of aryl methyl sites for hydroxylation is 1. The Hall–Kier alpha value is -1.48. The van der Waals surface area contributed by atoms with Crippen molar-refractivity contribution < 1.29 is 0 Å². The van der Waals surface area contributed by atoms with E-state index in [1.54, 1.807) is 6.20 Å². The largest absolute Gasteiger partial charge is 0.397 e. The zero-order chi connectivity index (χ0) is 13.1. The Morgan fingerprint density at radius 3 is 2.95 bits per heavy atom. The van der Waals surface area contributed by atoms with Gasteiger partial charge in [0.15, 0.2) is 0 Å². The fraction of sp³-hybridized carbons (Fsp3) is 0.312. The van der Waals surface area contributed by atoms with Crippen molar-refractivity contribution in [3.8, 4) is 0 Å². The fourth-order valence-electron chi connectivity index (χ4n) is 2.69. The van der Waals surface area contributed by atoms with Crippen LogP contribution < -0.4 is 5.73 Å². The molecule has 3 rings (SSSR count). The van der Waals surface area contributed by atoms with E-state index in [9.17, 15) is 0 Å². The van der Waals surface area contributed by atoms with Gasteiger partial charge >= 0.3 is 0 Å². The number of hydrogen-bond acceptors (Lipinski definition) is 3. The molecule has 98 valence electrons. The van der Waals surface area contributed by atoms with Gasteiger partial charge in [0.25, 0.3) is 0 Å². The van der Waals surface area contributed by atoms with Crippen LogP contribution in [-0.2, 0) is 6.42 Å². The molecule has 0 bridgehead atoms. The van der Waals surface area contributed by atoms with Crippen LogP contribution in [0.2, 0.25) is 0 Å². The summed E-state index contributed by atoms with van der Waals surface area (Å²) in [5.41, 5.74) is 9.46. The molecule has 0 fully saturated rings. The summed E-state index contributed by atoms with van der Waals surface area (Å²) >= 11 is 1.83. The van der Waals surface area contributed by atoms with Gasteiger partial charge in [-0.2, -0.15) is 0 Å². The average Bonchev–Trinajstić information content (AvgIpc) is 2.47. The summed E-state index contributed by atoms with van der Waals surface area (Å²) in [5.74, 6) is 1.77. The van der Waals surface area contributed by atoms with Gasteiger partial charge in [-0.15, -0.1) is 11.8 Å². The van der Waals surface area contributed by atoms with Crippen molar-refractivity contribution >= 4 is 17.4 Å². The first kappa shape index (κ1) is 12.5. The Bertz CT molecular complexity index is 551. The number of nitrogens with zero attached hydrogens (tertiary/aromatic N) is 1. The number of pyridine rings is 1. The Morgan fingerprint density at radius 2 is 2.11 bits per heavy atom. The minimum atomic E-state index is 0.661. The highest BCUT2D eigenvalue weighted by molar-refractivity contribution is 7.99. The van der Waals surface area contributed by atoms with Crippen molar-refractivity contribution in [2.24, 2.45) is 0 Å². The highest BCUT2D eigenvalue weighted by Gasteiger charge is 2.19. The lowest BCUT2D eigenvalue weighted by atomic mass is 9.84. The van der Waals surface area contributed by atoms with E-state index in [4.69, 9.17) is 5.73 Å². The third-order valence-electron chi connectivity index (χ3n) is 3.69. The molecule has 3 heteroatoms. The number of fused-ring (bicyclic) bond motifs is 1. The van der Waals surface area contributed by atoms with Gasteiger partial charge in [0.05, 0.1) is 16.9 Å². The predicted molar refractivity (Wildman–Crippen MR) is 81.5 cm³/mol. The van der Waals surface area contributed by atoms with Gasteiger partial charge in [0.2, 0.25) is 0 Å². The number of nitrogen functional groups attached to an aromatic ring is 1. The molecule has 19 heavy (non-hydrogen) atoms. The molecule has 0 amide bonds. The van der Waals surface area contributed by atoms with Gasteiger partial charge in [-0.25, -0.2) is 4.98 Å². The summed E-state index contributed by atoms with van der Waals surface area (Å²) in [7, 11) is 0. The van der Waals surface area contributed by atoms with Crippen molar-refractivity contribution in [3.63, 3.8) is 0 Å². The van der Waals surface area contributed by atoms with Crippen molar-refractivity contribution in [2.75, 3.05) is 11.5 Å². The minimum Gasteiger partial charge on any atom is -0.397 e. The molecular weight excluding hydrogens is 252 g/mol. The maximum Gasteiger partial charge on any atom is 0.0961 e. The van der Waals surface area contributed by atoms with Crippen molar-refractivity contribution in [1.82, 2.24) is 4.98 Å². The van der Waals surface area contributed by atoms with Gasteiger partial charge in [-0.05, 0) is 48.4 Å². The molecule has 0 saturated carbocycles. The maximum absolute atomic E-state index is 5.66. The SMILES string of the molecule is Nc1ccc(SCC2CCCc3ccccc32)nc1. The second-order valence-corrected chi connectivity index (χ2v) is 6.07. The quantitative estimate of drug-likeness (QED) is 0.860. The number of hydrogen-bond donors (Lipinski definition) is 1. The lowest BCUT2D eigenvalue weighted by Crippen LogP contribution is -2.11. The summed E-state index contributed by atoms with van der Waals surface area (Å²) < 4.78 is 0. The third kappa shape index (κ3) is 2.92. The van der Waals surface area contributed by atoms with Gasteiger partial charge < -0.3 is 5.73 Å². The number of rotatable bonds is 3. The Labute approximate surface area is 118 Å². The highest BCUT2D eigenvalue weighted by atomic mass is 32.2. The van der Waals surface area contributed by atoms with E-state index in [1.807, 2.05) is 23.9 Å². The molecule has 0 aliphatic heterocycles. The predicted octanol–water partition coefficient (Wildman–Crippen LogP) is 3.88. The van der Waals surface area contributed by atoms with E-state index in [0.717, 1.165) is 16.5 Å². The summed E-state index contributed by atoms with van der Waals surface area (Å²) in [6.07, 6.45) is 5.56. The maximum atomic E-state index is 5.66. The van der Waals surface area contributed by atoms with E-state index in [2.05, 4.69) is 29.2 Å². The normalized spacial score (nSPS) is 18.0. The molecule has 0 spiro atoms. The Kier molecular flexibility index (Phi) is 3.74. The summed E-state index contributed by atoms with van der Waals surface area (Å²) in [5, 5.41) is 1.07. The smallest absolute Gasteiger partial charge is 0.0961 e. The summed E-state index contributed by atoms with van der Waals surface area (Å²) in [4.78, 5) is 4.36. The lowest BCUT2D eigenvalue weighted by molar-refractivity contribution is 0.596. The molecule has 1 aliphatic carbocycles. The summed E-state index contributed by atoms with van der Waals surface area (Å²) in [6, 6.07) is 12.8. The van der Waals surface area contributed by atoms with Crippen LogP contribution in [-0.4, -0.2) is 10.7 Å². The van der Waals surface area contributed by atoms with E-state index in [1.165, 1.54) is 30.4 Å². The Morgan fingerprint density at radius 1 is 1.21 bits per heavy atom. The van der Waals surface area contributed by atoms with E-state index >= 15 is 0 Å². The van der Waals surface area contributed by atoms with Gasteiger partial charge in [-0.3, -0.25) is 0 Å². The standard InChI is InChI=1S/C16H18N2S/c17-14-8-9-16(18-10-14)19-11-13-6-3-5-12-4-1-2-7-15(12)13/h1-2,4,7-10,13H,3,5-6,11,17H2. The van der Waals surface area contributed by atoms with Crippen LogP contribution in [0, 0.1) is 0 Å². The molecule has 1 aromatic heterocycles. The average molecular weight is 270 g/mol. The first-order valence-corrected chi connectivity index (χ1v) is 7.73. The van der Waals surface area contributed by atoms with Crippen molar-refractivity contribution in [2.45, 2.75) is 30.2 Å². The molecule has 1 atom stereocenters. The molecule has 1 heterocycles. The molecular formula is C16H18N2S. The highest BCUT2D eigenvalue weighted by Crippen LogP contribution is 2.35. The Balaban J connectivity index is 1.69. The molecule has 1 aliphatic rings. The second kappa shape index (κ2) is 5.66. The van der Waals surface area contributed by atoms with Crippen LogP contribution >= 0.6 is 11.8 Å². The van der Waals surface area contributed by atoms with Crippen LogP contribution in [0.3, 0.4) is 0 Å². The van der Waals surface area contributed by atoms with Crippen LogP contribution in [0.4, 0.5) is 5.69 Å². The number of anilines is 1. The molecule has 2 aromatic rings. The minimum absolute atomic E-state index is 0.661. The van der Waals surface area contributed by atoms with Crippen LogP contribution in [0.25, 0.3) is 0 Å². The monoisotopic (exact) mass is 270 g/mol. The first-order valence-electron chi connectivity index (χ1n) is 6.75. The van der Waals surface area contributed by atoms with E-state index in [-0.39, 0.29) is 0 Å². The first-order chi connectivity index (χ1) is 9.33. The van der Waals surface area contributed by atoms with Gasteiger partial charge in [-0.1, -0.05) is 24.3 Å². The van der Waals surface area contributed by atoms with Gasteiger partial charge in [0.1, 0.15) is 0 Å². The van der Waals surface area contributed by atoms with Gasteiger partial charge in [0, 0.05) is 5.75 Å². The number of aromatic nitrogens is 1. The van der Waals surface area contributed by atoms with Crippen molar-refractivity contribution in [3.05, 3.63) is 53.7 Å². The third-order valence-corrected chi connectivity index (χ3v) is 4.79. The van der Waals surface area contributed by atoms with Crippen LogP contribution in [0.15, 0.2) is 47.6 Å². The topological polar surface area (TPSA) is 38.9 Å². The van der Waals surface area contributed by atoms with E-state index < -0.39 is 0 Å². The molecule has 1 unspecified atom stereocenters. The lowest BCUT2D eigenvalue weighted by Gasteiger charge is -2.25. The fourth-order valence-corrected chi connectivity index (χ4v) is 3.70. The number of thioether (sulfide) groups is 1. The molecule has 2 nitrogen and oxygen atoms in total. The number of benzene rings is 1. The zero-order valence-electron chi connectivity index (χ0n) is 10.9. The molecule has 0 radical (unpaired) electrons.